The maximum Gasteiger partial charge on any atom is 0.248 e. The lowest BCUT2D eigenvalue weighted by atomic mass is 10.1. The van der Waals surface area contributed by atoms with Crippen LogP contribution in [0.5, 0.6) is 0 Å². The lowest BCUT2D eigenvalue weighted by molar-refractivity contribution is -0.113. The largest absolute Gasteiger partial charge is 0.366 e. The quantitative estimate of drug-likeness (QED) is 0.322. The van der Waals surface area contributed by atoms with Gasteiger partial charge in [-0.2, -0.15) is 0 Å². The molecule has 0 bridgehead atoms. The first-order chi connectivity index (χ1) is 16.8. The number of rotatable bonds is 8. The van der Waals surface area contributed by atoms with Gasteiger partial charge in [0.2, 0.25) is 17.7 Å². The number of nitrogens with zero attached hydrogens (tertiary/aromatic N) is 4. The van der Waals surface area contributed by atoms with Crippen molar-refractivity contribution in [3.63, 3.8) is 0 Å². The van der Waals surface area contributed by atoms with Gasteiger partial charge in [-0.15, -0.1) is 10.2 Å². The predicted octanol–water partition coefficient (Wildman–Crippen LogP) is 2.57. The van der Waals surface area contributed by atoms with Crippen LogP contribution in [0.1, 0.15) is 26.3 Å². The molecule has 35 heavy (non-hydrogen) atoms. The van der Waals surface area contributed by atoms with Gasteiger partial charge in [0.1, 0.15) is 0 Å². The molecular weight excluding hydrogens is 466 g/mol. The summed E-state index contributed by atoms with van der Waals surface area (Å²) in [6, 6.07) is 15.5. The summed E-state index contributed by atoms with van der Waals surface area (Å²) in [6.45, 7) is 1.98. The standard InChI is InChI=1S/C24H21N7O3S/c1-14-4-2-3-5-19(14)31-23(15-6-8-27-9-7-15)29-30-24(31)35-13-20(32)28-18-11-16(21(25)33)10-17(12-18)22(26)34/h2-12H,13H2,1H3,(H2,25,33)(H2,26,34)(H,28,32). The Labute approximate surface area is 204 Å². The fraction of sp³-hybridized carbons (Fsp3) is 0.0833. The highest BCUT2D eigenvalue weighted by atomic mass is 32.2. The molecule has 0 spiro atoms. The number of carbonyl (C=O) groups excluding carboxylic acids is 3. The molecule has 10 nitrogen and oxygen atoms in total. The first kappa shape index (κ1) is 23.6. The number of hydrogen-bond acceptors (Lipinski definition) is 7. The van der Waals surface area contributed by atoms with Gasteiger partial charge in [-0.05, 0) is 48.9 Å². The summed E-state index contributed by atoms with van der Waals surface area (Å²) in [7, 11) is 0. The Morgan fingerprint density at radius 2 is 1.60 bits per heavy atom. The number of aryl methyl sites for hydroxylation is 1. The lowest BCUT2D eigenvalue weighted by Gasteiger charge is -2.13. The number of para-hydroxylation sites is 1. The summed E-state index contributed by atoms with van der Waals surface area (Å²) in [5.41, 5.74) is 13.7. The average Bonchev–Trinajstić information content (AvgIpc) is 3.27. The maximum atomic E-state index is 12.7. The average molecular weight is 488 g/mol. The third-order valence-corrected chi connectivity index (χ3v) is 5.98. The third-order valence-electron chi connectivity index (χ3n) is 5.05. The monoisotopic (exact) mass is 487 g/mol. The number of nitrogens with two attached hydrogens (primary N) is 2. The molecule has 4 aromatic rings. The van der Waals surface area contributed by atoms with Gasteiger partial charge >= 0.3 is 0 Å². The molecule has 2 aromatic carbocycles. The van der Waals surface area contributed by atoms with Gasteiger partial charge in [0.15, 0.2) is 11.0 Å². The molecule has 176 valence electrons. The predicted molar refractivity (Wildman–Crippen MR) is 132 cm³/mol. The van der Waals surface area contributed by atoms with Crippen LogP contribution < -0.4 is 16.8 Å². The molecule has 0 radical (unpaired) electrons. The normalized spacial score (nSPS) is 10.7. The van der Waals surface area contributed by atoms with Gasteiger partial charge in [-0.3, -0.25) is 23.9 Å². The van der Waals surface area contributed by atoms with Crippen LogP contribution in [0.4, 0.5) is 5.69 Å². The Hall–Kier alpha value is -4.51. The zero-order valence-electron chi connectivity index (χ0n) is 18.6. The van der Waals surface area contributed by atoms with E-state index in [0.717, 1.165) is 16.8 Å². The van der Waals surface area contributed by atoms with Crippen LogP contribution in [0.3, 0.4) is 0 Å². The van der Waals surface area contributed by atoms with Crippen molar-refractivity contribution in [2.75, 3.05) is 11.1 Å². The SMILES string of the molecule is Cc1ccccc1-n1c(SCC(=O)Nc2cc(C(N)=O)cc(C(N)=O)c2)nnc1-c1ccncc1. The zero-order valence-corrected chi connectivity index (χ0v) is 19.5. The van der Waals surface area contributed by atoms with Gasteiger partial charge in [-0.25, -0.2) is 0 Å². The lowest BCUT2D eigenvalue weighted by Crippen LogP contribution is -2.19. The minimum Gasteiger partial charge on any atom is -0.366 e. The maximum absolute atomic E-state index is 12.7. The van der Waals surface area contributed by atoms with E-state index >= 15 is 0 Å². The Morgan fingerprint density at radius 1 is 0.943 bits per heavy atom. The van der Waals surface area contributed by atoms with Crippen LogP contribution >= 0.6 is 11.8 Å². The second-order valence-electron chi connectivity index (χ2n) is 7.53. The minimum atomic E-state index is -0.743. The summed E-state index contributed by atoms with van der Waals surface area (Å²) in [6.07, 6.45) is 3.35. The topological polar surface area (TPSA) is 159 Å². The number of thioether (sulfide) groups is 1. The molecule has 2 heterocycles. The fourth-order valence-corrected chi connectivity index (χ4v) is 4.14. The first-order valence-electron chi connectivity index (χ1n) is 10.4. The number of hydrogen-bond donors (Lipinski definition) is 3. The second-order valence-corrected chi connectivity index (χ2v) is 8.47. The molecule has 11 heteroatoms. The van der Waals surface area contributed by atoms with Crippen molar-refractivity contribution in [3.05, 3.63) is 83.7 Å². The van der Waals surface area contributed by atoms with Crippen molar-refractivity contribution in [2.24, 2.45) is 11.5 Å². The van der Waals surface area contributed by atoms with Crippen LogP contribution in [0.15, 0.2) is 72.1 Å². The van der Waals surface area contributed by atoms with E-state index in [-0.39, 0.29) is 28.5 Å². The number of anilines is 1. The van der Waals surface area contributed by atoms with Gasteiger partial charge in [0, 0.05) is 34.8 Å². The highest BCUT2D eigenvalue weighted by Gasteiger charge is 2.19. The number of aromatic nitrogens is 4. The molecule has 0 atom stereocenters. The summed E-state index contributed by atoms with van der Waals surface area (Å²) < 4.78 is 1.89. The molecule has 0 aliphatic heterocycles. The van der Waals surface area contributed by atoms with Gasteiger partial charge in [-0.1, -0.05) is 30.0 Å². The molecule has 0 saturated heterocycles. The Bertz CT molecular complexity index is 1390. The summed E-state index contributed by atoms with van der Waals surface area (Å²) >= 11 is 1.19. The molecule has 2 aromatic heterocycles. The summed E-state index contributed by atoms with van der Waals surface area (Å²) in [4.78, 5) is 39.9. The Balaban J connectivity index is 1.59. The van der Waals surface area contributed by atoms with Crippen molar-refractivity contribution in [1.82, 2.24) is 19.7 Å². The minimum absolute atomic E-state index is 0.00688. The molecule has 0 unspecified atom stereocenters. The highest BCUT2D eigenvalue weighted by Crippen LogP contribution is 2.29. The molecular formula is C24H21N7O3S. The number of primary amides is 2. The van der Waals surface area contributed by atoms with E-state index in [1.807, 2.05) is 47.9 Å². The van der Waals surface area contributed by atoms with Gasteiger partial charge in [0.05, 0.1) is 11.4 Å². The number of amides is 3. The zero-order chi connectivity index (χ0) is 24.9. The van der Waals surface area contributed by atoms with Gasteiger partial charge < -0.3 is 16.8 Å². The molecule has 3 amide bonds. The van der Waals surface area contributed by atoms with E-state index < -0.39 is 11.8 Å². The number of carbonyl (C=O) groups is 3. The van der Waals surface area contributed by atoms with E-state index in [0.29, 0.717) is 11.0 Å². The second kappa shape index (κ2) is 10.2. The molecule has 0 saturated carbocycles. The molecule has 0 fully saturated rings. The van der Waals surface area contributed by atoms with E-state index in [2.05, 4.69) is 20.5 Å². The Morgan fingerprint density at radius 3 is 2.23 bits per heavy atom. The third kappa shape index (κ3) is 5.36. The van der Waals surface area contributed by atoms with Crippen molar-refractivity contribution in [3.8, 4) is 17.1 Å². The van der Waals surface area contributed by atoms with E-state index in [9.17, 15) is 14.4 Å². The van der Waals surface area contributed by atoms with Crippen LogP contribution in [-0.4, -0.2) is 43.2 Å². The van der Waals surface area contributed by atoms with Crippen molar-refractivity contribution in [2.45, 2.75) is 12.1 Å². The van der Waals surface area contributed by atoms with Crippen molar-refractivity contribution < 1.29 is 14.4 Å². The van der Waals surface area contributed by atoms with Crippen LogP contribution in [0.25, 0.3) is 17.1 Å². The summed E-state index contributed by atoms with van der Waals surface area (Å²) in [5, 5.41) is 11.9. The van der Waals surface area contributed by atoms with E-state index in [4.69, 9.17) is 11.5 Å². The van der Waals surface area contributed by atoms with Crippen LogP contribution in [-0.2, 0) is 4.79 Å². The summed E-state index contributed by atoms with van der Waals surface area (Å²) in [5.74, 6) is -1.25. The van der Waals surface area contributed by atoms with Crippen molar-refractivity contribution >= 4 is 35.2 Å². The van der Waals surface area contributed by atoms with E-state index in [1.54, 1.807) is 12.4 Å². The molecule has 0 aliphatic carbocycles. The molecule has 0 aliphatic rings. The first-order valence-corrected chi connectivity index (χ1v) is 11.4. The van der Waals surface area contributed by atoms with Crippen LogP contribution in [0.2, 0.25) is 0 Å². The smallest absolute Gasteiger partial charge is 0.248 e. The number of nitrogens with one attached hydrogen (secondary N) is 1. The Kier molecular flexibility index (Phi) is 6.88. The fourth-order valence-electron chi connectivity index (χ4n) is 3.39. The van der Waals surface area contributed by atoms with E-state index in [1.165, 1.54) is 30.0 Å². The number of benzene rings is 2. The number of pyridine rings is 1. The van der Waals surface area contributed by atoms with Gasteiger partial charge in [0.25, 0.3) is 0 Å². The van der Waals surface area contributed by atoms with Crippen molar-refractivity contribution in [1.29, 1.82) is 0 Å². The highest BCUT2D eigenvalue weighted by molar-refractivity contribution is 7.99. The van der Waals surface area contributed by atoms with Crippen LogP contribution in [0, 0.1) is 6.92 Å². The molecule has 5 N–H and O–H groups in total. The molecule has 4 rings (SSSR count).